The molecule has 0 saturated carbocycles. The number of benzene rings is 3. The van der Waals surface area contributed by atoms with Crippen LogP contribution >= 0.6 is 0 Å². The Morgan fingerprint density at radius 2 is 1.44 bits per heavy atom. The predicted octanol–water partition coefficient (Wildman–Crippen LogP) is 4.10. The molecular weight excluding hydrogens is 362 g/mol. The van der Waals surface area contributed by atoms with Crippen molar-refractivity contribution in [1.82, 2.24) is 0 Å². The summed E-state index contributed by atoms with van der Waals surface area (Å²) in [4.78, 5) is 0.196. The Morgan fingerprint density at radius 3 is 2.07 bits per heavy atom. The van der Waals surface area contributed by atoms with E-state index in [1.165, 1.54) is 4.31 Å². The van der Waals surface area contributed by atoms with Crippen molar-refractivity contribution >= 4 is 15.7 Å². The van der Waals surface area contributed by atoms with Crippen molar-refractivity contribution in [2.24, 2.45) is 0 Å². The molecule has 0 N–H and O–H groups in total. The molecule has 6 heteroatoms. The number of hydrogen-bond donors (Lipinski definition) is 0. The van der Waals surface area contributed by atoms with Gasteiger partial charge in [-0.25, -0.2) is 8.42 Å². The summed E-state index contributed by atoms with van der Waals surface area (Å²) >= 11 is 0. The van der Waals surface area contributed by atoms with E-state index in [-0.39, 0.29) is 11.4 Å². The van der Waals surface area contributed by atoms with Crippen LogP contribution in [0.4, 0.5) is 5.69 Å². The average Bonchev–Trinajstić information content (AvgIpc) is 2.72. The minimum atomic E-state index is -3.78. The largest absolute Gasteiger partial charge is 0.497 e. The van der Waals surface area contributed by atoms with Crippen molar-refractivity contribution < 1.29 is 17.9 Å². The van der Waals surface area contributed by atoms with Gasteiger partial charge in [0.25, 0.3) is 10.0 Å². The van der Waals surface area contributed by atoms with Crippen molar-refractivity contribution in [3.63, 3.8) is 0 Å². The van der Waals surface area contributed by atoms with Gasteiger partial charge in [0.05, 0.1) is 31.3 Å². The summed E-state index contributed by atoms with van der Waals surface area (Å²) in [6.07, 6.45) is 0. The molecule has 0 fully saturated rings. The van der Waals surface area contributed by atoms with Crippen LogP contribution in [0.5, 0.6) is 11.5 Å². The van der Waals surface area contributed by atoms with Crippen LogP contribution in [0.3, 0.4) is 0 Å². The van der Waals surface area contributed by atoms with Crippen LogP contribution in [0.1, 0.15) is 5.56 Å². The second kappa shape index (κ2) is 8.14. The molecule has 0 amide bonds. The van der Waals surface area contributed by atoms with E-state index in [9.17, 15) is 8.42 Å². The van der Waals surface area contributed by atoms with Crippen LogP contribution in [0.2, 0.25) is 0 Å². The molecule has 3 rings (SSSR count). The first kappa shape index (κ1) is 18.8. The fraction of sp³-hybridized carbons (Fsp3) is 0.143. The summed E-state index contributed by atoms with van der Waals surface area (Å²) in [6.45, 7) is 0.211. The maximum absolute atomic E-state index is 13.4. The number of hydrogen-bond acceptors (Lipinski definition) is 4. The van der Waals surface area contributed by atoms with E-state index in [2.05, 4.69) is 0 Å². The molecular formula is C21H21NO4S. The summed E-state index contributed by atoms with van der Waals surface area (Å²) in [5, 5.41) is 0. The molecule has 0 aliphatic heterocycles. The fourth-order valence-corrected chi connectivity index (χ4v) is 4.15. The molecule has 0 spiro atoms. The molecule has 0 heterocycles. The average molecular weight is 383 g/mol. The molecule has 27 heavy (non-hydrogen) atoms. The number of anilines is 1. The first-order chi connectivity index (χ1) is 13.0. The van der Waals surface area contributed by atoms with Gasteiger partial charge < -0.3 is 9.47 Å². The summed E-state index contributed by atoms with van der Waals surface area (Å²) in [6, 6.07) is 22.9. The molecule has 0 saturated heterocycles. The highest BCUT2D eigenvalue weighted by molar-refractivity contribution is 7.92. The number of ether oxygens (including phenoxy) is 2. The van der Waals surface area contributed by atoms with E-state index in [1.807, 2.05) is 30.3 Å². The number of sulfonamides is 1. The lowest BCUT2D eigenvalue weighted by Crippen LogP contribution is -2.30. The van der Waals surface area contributed by atoms with Gasteiger partial charge in [-0.3, -0.25) is 4.31 Å². The smallest absolute Gasteiger partial charge is 0.264 e. The maximum Gasteiger partial charge on any atom is 0.264 e. The van der Waals surface area contributed by atoms with Gasteiger partial charge in [-0.2, -0.15) is 0 Å². The second-order valence-corrected chi connectivity index (χ2v) is 7.74. The highest BCUT2D eigenvalue weighted by atomic mass is 32.2. The summed E-state index contributed by atoms with van der Waals surface area (Å²) in [5.74, 6) is 1.19. The van der Waals surface area contributed by atoms with E-state index in [1.54, 1.807) is 62.8 Å². The zero-order valence-corrected chi connectivity index (χ0v) is 16.0. The van der Waals surface area contributed by atoms with E-state index in [0.29, 0.717) is 17.2 Å². The zero-order valence-electron chi connectivity index (χ0n) is 15.2. The third-order valence-corrected chi connectivity index (χ3v) is 5.95. The van der Waals surface area contributed by atoms with Crippen molar-refractivity contribution in [3.8, 4) is 11.5 Å². The van der Waals surface area contributed by atoms with Crippen LogP contribution in [0.25, 0.3) is 0 Å². The summed E-state index contributed by atoms with van der Waals surface area (Å²) < 4.78 is 38.5. The van der Waals surface area contributed by atoms with E-state index >= 15 is 0 Å². The van der Waals surface area contributed by atoms with Crippen LogP contribution in [-0.2, 0) is 16.6 Å². The zero-order chi connectivity index (χ0) is 19.3. The fourth-order valence-electron chi connectivity index (χ4n) is 2.70. The van der Waals surface area contributed by atoms with Crippen molar-refractivity contribution in [2.75, 3.05) is 18.5 Å². The standard InChI is InChI=1S/C21H21NO4S/c1-25-19-11-13-21(14-12-19)27(23,24)22(16-17-7-4-3-5-8-17)18-9-6-10-20(15-18)26-2/h3-15H,16H2,1-2H3. The van der Waals surface area contributed by atoms with Gasteiger partial charge in [0.15, 0.2) is 0 Å². The van der Waals surface area contributed by atoms with Crippen LogP contribution in [-0.4, -0.2) is 22.6 Å². The molecule has 3 aromatic rings. The van der Waals surface area contributed by atoms with Gasteiger partial charge in [0.1, 0.15) is 11.5 Å². The Labute approximate surface area is 159 Å². The monoisotopic (exact) mass is 383 g/mol. The molecule has 0 unspecified atom stereocenters. The number of rotatable bonds is 7. The van der Waals surface area contributed by atoms with Crippen molar-refractivity contribution in [3.05, 3.63) is 84.4 Å². The highest BCUT2D eigenvalue weighted by Crippen LogP contribution is 2.29. The third-order valence-electron chi connectivity index (χ3n) is 4.16. The molecule has 140 valence electrons. The lowest BCUT2D eigenvalue weighted by molar-refractivity contribution is 0.414. The molecule has 0 radical (unpaired) electrons. The maximum atomic E-state index is 13.4. The highest BCUT2D eigenvalue weighted by Gasteiger charge is 2.25. The Kier molecular flexibility index (Phi) is 5.66. The van der Waals surface area contributed by atoms with Gasteiger partial charge >= 0.3 is 0 Å². The number of nitrogens with zero attached hydrogens (tertiary/aromatic N) is 1. The molecule has 3 aromatic carbocycles. The van der Waals surface area contributed by atoms with E-state index in [0.717, 1.165) is 5.56 Å². The van der Waals surface area contributed by atoms with Crippen LogP contribution in [0, 0.1) is 0 Å². The predicted molar refractivity (Wildman–Crippen MR) is 106 cm³/mol. The lowest BCUT2D eigenvalue weighted by atomic mass is 10.2. The number of methoxy groups -OCH3 is 2. The van der Waals surface area contributed by atoms with Gasteiger partial charge in [-0.05, 0) is 42.0 Å². The summed E-state index contributed by atoms with van der Waals surface area (Å²) in [7, 11) is -0.683. The van der Waals surface area contributed by atoms with Gasteiger partial charge in [-0.15, -0.1) is 0 Å². The first-order valence-electron chi connectivity index (χ1n) is 8.39. The van der Waals surface area contributed by atoms with Gasteiger partial charge in [0, 0.05) is 6.07 Å². The Bertz CT molecular complexity index is 986. The normalized spacial score (nSPS) is 11.0. The molecule has 0 aliphatic rings. The van der Waals surface area contributed by atoms with Gasteiger partial charge in [0.2, 0.25) is 0 Å². The topological polar surface area (TPSA) is 55.8 Å². The molecule has 0 aromatic heterocycles. The molecule has 5 nitrogen and oxygen atoms in total. The lowest BCUT2D eigenvalue weighted by Gasteiger charge is -2.25. The van der Waals surface area contributed by atoms with E-state index < -0.39 is 10.0 Å². The Balaban J connectivity index is 2.06. The van der Waals surface area contributed by atoms with Crippen LogP contribution < -0.4 is 13.8 Å². The van der Waals surface area contributed by atoms with Crippen LogP contribution in [0.15, 0.2) is 83.8 Å². The van der Waals surface area contributed by atoms with E-state index in [4.69, 9.17) is 9.47 Å². The minimum Gasteiger partial charge on any atom is -0.497 e. The molecule has 0 bridgehead atoms. The van der Waals surface area contributed by atoms with Crippen molar-refractivity contribution in [1.29, 1.82) is 0 Å². The Morgan fingerprint density at radius 1 is 0.778 bits per heavy atom. The molecule has 0 aliphatic carbocycles. The minimum absolute atomic E-state index is 0.196. The molecule has 0 atom stereocenters. The van der Waals surface area contributed by atoms with Gasteiger partial charge in [-0.1, -0.05) is 36.4 Å². The van der Waals surface area contributed by atoms with Crippen molar-refractivity contribution in [2.45, 2.75) is 11.4 Å². The second-order valence-electron chi connectivity index (χ2n) is 5.87. The third kappa shape index (κ3) is 4.23. The summed E-state index contributed by atoms with van der Waals surface area (Å²) in [5.41, 5.74) is 1.42. The quantitative estimate of drug-likeness (QED) is 0.616. The SMILES string of the molecule is COc1ccc(S(=O)(=O)N(Cc2ccccc2)c2cccc(OC)c2)cc1. The Hall–Kier alpha value is -2.99. The first-order valence-corrected chi connectivity index (χ1v) is 9.83.